The standard InChI is InChI=1S/C19H15N3O2S/c23-17-13-10-21(19-20-15-8-4-5-9-16(15)25-19)11-14(13)18(24)22(17)12-6-2-1-3-7-12/h1-9,13-14H,10-11H2. The van der Waals surface area contributed by atoms with Crippen LogP contribution in [0.15, 0.2) is 54.6 Å². The summed E-state index contributed by atoms with van der Waals surface area (Å²) >= 11 is 1.61. The van der Waals surface area contributed by atoms with Crippen molar-refractivity contribution in [1.82, 2.24) is 4.98 Å². The number of aromatic nitrogens is 1. The van der Waals surface area contributed by atoms with Crippen molar-refractivity contribution in [3.05, 3.63) is 54.6 Å². The van der Waals surface area contributed by atoms with E-state index in [1.165, 1.54) is 4.90 Å². The number of hydrogen-bond acceptors (Lipinski definition) is 5. The van der Waals surface area contributed by atoms with Gasteiger partial charge in [-0.2, -0.15) is 0 Å². The number of rotatable bonds is 2. The third-order valence-electron chi connectivity index (χ3n) is 4.96. The van der Waals surface area contributed by atoms with E-state index in [-0.39, 0.29) is 23.7 Å². The fourth-order valence-electron chi connectivity index (χ4n) is 3.73. The third-order valence-corrected chi connectivity index (χ3v) is 6.06. The van der Waals surface area contributed by atoms with Crippen molar-refractivity contribution in [2.24, 2.45) is 11.8 Å². The van der Waals surface area contributed by atoms with Gasteiger partial charge in [0.05, 0.1) is 27.7 Å². The van der Waals surface area contributed by atoms with E-state index >= 15 is 0 Å². The maximum Gasteiger partial charge on any atom is 0.239 e. The zero-order valence-electron chi connectivity index (χ0n) is 13.3. The fourth-order valence-corrected chi connectivity index (χ4v) is 4.71. The average Bonchev–Trinajstić information content (AvgIpc) is 3.31. The lowest BCUT2D eigenvalue weighted by Gasteiger charge is -2.20. The predicted molar refractivity (Wildman–Crippen MR) is 97.7 cm³/mol. The summed E-state index contributed by atoms with van der Waals surface area (Å²) in [6.07, 6.45) is 0. The summed E-state index contributed by atoms with van der Waals surface area (Å²) in [5, 5.41) is 0.891. The van der Waals surface area contributed by atoms with Gasteiger partial charge >= 0.3 is 0 Å². The van der Waals surface area contributed by atoms with Gasteiger partial charge < -0.3 is 4.90 Å². The van der Waals surface area contributed by atoms with E-state index in [2.05, 4.69) is 9.88 Å². The van der Waals surface area contributed by atoms with Crippen LogP contribution >= 0.6 is 11.3 Å². The molecule has 25 heavy (non-hydrogen) atoms. The van der Waals surface area contributed by atoms with Crippen LogP contribution in [0.25, 0.3) is 10.2 Å². The molecule has 2 amide bonds. The second-order valence-corrected chi connectivity index (χ2v) is 7.44. The molecule has 2 aliphatic heterocycles. The van der Waals surface area contributed by atoms with Gasteiger partial charge in [-0.25, -0.2) is 9.88 Å². The minimum absolute atomic E-state index is 0.0928. The molecule has 124 valence electrons. The maximum atomic E-state index is 12.8. The second-order valence-electron chi connectivity index (χ2n) is 6.43. The summed E-state index contributed by atoms with van der Waals surface area (Å²) in [4.78, 5) is 33.7. The van der Waals surface area contributed by atoms with Gasteiger partial charge in [-0.05, 0) is 24.3 Å². The number of amides is 2. The van der Waals surface area contributed by atoms with Crippen LogP contribution < -0.4 is 9.80 Å². The molecule has 2 saturated heterocycles. The molecule has 0 radical (unpaired) electrons. The number of benzene rings is 2. The van der Waals surface area contributed by atoms with Crippen LogP contribution in [-0.4, -0.2) is 29.9 Å². The molecule has 2 fully saturated rings. The Labute approximate surface area is 148 Å². The number of nitrogens with zero attached hydrogens (tertiary/aromatic N) is 3. The van der Waals surface area contributed by atoms with Crippen molar-refractivity contribution in [3.63, 3.8) is 0 Å². The van der Waals surface area contributed by atoms with Crippen LogP contribution in [0.2, 0.25) is 0 Å². The fraction of sp³-hybridized carbons (Fsp3) is 0.211. The smallest absolute Gasteiger partial charge is 0.239 e. The molecule has 2 unspecified atom stereocenters. The highest BCUT2D eigenvalue weighted by Crippen LogP contribution is 2.39. The Hall–Kier alpha value is -2.73. The monoisotopic (exact) mass is 349 g/mol. The second kappa shape index (κ2) is 5.39. The summed E-state index contributed by atoms with van der Waals surface area (Å²) < 4.78 is 1.12. The van der Waals surface area contributed by atoms with Crippen LogP contribution in [-0.2, 0) is 9.59 Å². The first-order valence-electron chi connectivity index (χ1n) is 8.26. The lowest BCUT2D eigenvalue weighted by atomic mass is 10.00. The topological polar surface area (TPSA) is 53.5 Å². The number of para-hydroxylation sites is 2. The molecule has 0 bridgehead atoms. The quantitative estimate of drug-likeness (QED) is 0.668. The van der Waals surface area contributed by atoms with Gasteiger partial charge in [0.1, 0.15) is 0 Å². The minimum Gasteiger partial charge on any atom is -0.346 e. The van der Waals surface area contributed by atoms with Crippen LogP contribution in [0, 0.1) is 11.8 Å². The van der Waals surface area contributed by atoms with Crippen molar-refractivity contribution >= 4 is 44.2 Å². The Morgan fingerprint density at radius 3 is 2.20 bits per heavy atom. The summed E-state index contributed by atoms with van der Waals surface area (Å²) in [5.41, 5.74) is 1.63. The highest BCUT2D eigenvalue weighted by atomic mass is 32.1. The Morgan fingerprint density at radius 2 is 1.52 bits per heavy atom. The maximum absolute atomic E-state index is 12.8. The van der Waals surface area contributed by atoms with E-state index in [0.717, 1.165) is 15.3 Å². The lowest BCUT2D eigenvalue weighted by molar-refractivity contribution is -0.122. The van der Waals surface area contributed by atoms with Crippen LogP contribution in [0.3, 0.4) is 0 Å². The normalized spacial score (nSPS) is 22.9. The predicted octanol–water partition coefficient (Wildman–Crippen LogP) is 2.92. The Bertz CT molecular complexity index is 928. The number of hydrogen-bond donors (Lipinski definition) is 0. The molecule has 5 nitrogen and oxygen atoms in total. The first kappa shape index (κ1) is 14.6. The molecule has 5 rings (SSSR count). The molecule has 0 N–H and O–H groups in total. The number of imide groups is 1. The molecule has 2 atom stereocenters. The lowest BCUT2D eigenvalue weighted by Crippen LogP contribution is -2.36. The molecule has 3 heterocycles. The molecule has 0 spiro atoms. The highest BCUT2D eigenvalue weighted by molar-refractivity contribution is 7.22. The van der Waals surface area contributed by atoms with Crippen molar-refractivity contribution in [2.75, 3.05) is 22.9 Å². The van der Waals surface area contributed by atoms with Crippen LogP contribution in [0.5, 0.6) is 0 Å². The highest BCUT2D eigenvalue weighted by Gasteiger charge is 2.53. The Kier molecular flexibility index (Phi) is 3.15. The largest absolute Gasteiger partial charge is 0.346 e. The van der Waals surface area contributed by atoms with Gasteiger partial charge in [0.2, 0.25) is 11.8 Å². The van der Waals surface area contributed by atoms with Gasteiger partial charge in [0.15, 0.2) is 5.13 Å². The number of fused-ring (bicyclic) bond motifs is 2. The van der Waals surface area contributed by atoms with Gasteiger partial charge in [-0.3, -0.25) is 9.59 Å². The van der Waals surface area contributed by atoms with Gasteiger partial charge in [0.25, 0.3) is 0 Å². The van der Waals surface area contributed by atoms with Crippen LogP contribution in [0.4, 0.5) is 10.8 Å². The van der Waals surface area contributed by atoms with E-state index in [0.29, 0.717) is 18.8 Å². The molecule has 2 aliphatic rings. The Morgan fingerprint density at radius 1 is 0.880 bits per heavy atom. The summed E-state index contributed by atoms with van der Waals surface area (Å²) in [7, 11) is 0. The average molecular weight is 349 g/mol. The van der Waals surface area contributed by atoms with Gasteiger partial charge in [-0.15, -0.1) is 0 Å². The molecule has 3 aromatic rings. The van der Waals surface area contributed by atoms with Crippen molar-refractivity contribution < 1.29 is 9.59 Å². The number of anilines is 2. The number of carbonyl (C=O) groups is 2. The summed E-state index contributed by atoms with van der Waals surface area (Å²) in [6, 6.07) is 17.2. The number of carbonyl (C=O) groups excluding carboxylic acids is 2. The zero-order valence-corrected chi connectivity index (χ0v) is 14.1. The third kappa shape index (κ3) is 2.17. The molecule has 1 aromatic heterocycles. The van der Waals surface area contributed by atoms with Crippen LogP contribution in [0.1, 0.15) is 0 Å². The van der Waals surface area contributed by atoms with E-state index in [1.807, 2.05) is 54.6 Å². The molecular weight excluding hydrogens is 334 g/mol. The molecule has 6 heteroatoms. The van der Waals surface area contributed by atoms with Gasteiger partial charge in [-0.1, -0.05) is 41.7 Å². The minimum atomic E-state index is -0.278. The van der Waals surface area contributed by atoms with E-state index in [4.69, 9.17) is 0 Å². The first-order chi connectivity index (χ1) is 12.2. The van der Waals surface area contributed by atoms with E-state index < -0.39 is 0 Å². The summed E-state index contributed by atoms with van der Waals surface area (Å²) in [5.74, 6) is -0.742. The zero-order chi connectivity index (χ0) is 17.0. The first-order valence-corrected chi connectivity index (χ1v) is 9.07. The van der Waals surface area contributed by atoms with Gasteiger partial charge in [0, 0.05) is 13.1 Å². The molecule has 2 aromatic carbocycles. The SMILES string of the molecule is O=C1C2CN(c3nc4ccccc4s3)CC2C(=O)N1c1ccccc1. The van der Waals surface area contributed by atoms with Crippen molar-refractivity contribution in [2.45, 2.75) is 0 Å². The number of thiazole rings is 1. The Balaban J connectivity index is 1.43. The molecule has 0 saturated carbocycles. The molecule has 0 aliphatic carbocycles. The van der Waals surface area contributed by atoms with E-state index in [1.54, 1.807) is 11.3 Å². The molecular formula is C19H15N3O2S. The van der Waals surface area contributed by atoms with Crippen molar-refractivity contribution in [1.29, 1.82) is 0 Å². The van der Waals surface area contributed by atoms with E-state index in [9.17, 15) is 9.59 Å². The van der Waals surface area contributed by atoms with Crippen molar-refractivity contribution in [3.8, 4) is 0 Å². The summed E-state index contributed by atoms with van der Waals surface area (Å²) in [6.45, 7) is 1.11.